The molecule has 2 N–H and O–H groups in total. The molecule has 5 heteroatoms. The molecule has 0 aliphatic heterocycles. The molecule has 94 valence electrons. The van der Waals surface area contributed by atoms with Crippen molar-refractivity contribution in [1.82, 2.24) is 9.97 Å². The van der Waals surface area contributed by atoms with Crippen molar-refractivity contribution in [1.29, 1.82) is 0 Å². The second-order valence-corrected chi connectivity index (χ2v) is 4.62. The number of rotatable bonds is 2. The largest absolute Gasteiger partial charge is 0.323 e. The molecule has 0 saturated carbocycles. The number of halogens is 1. The molecule has 4 nitrogen and oxygen atoms in total. The molecule has 0 spiro atoms. The van der Waals surface area contributed by atoms with E-state index in [0.29, 0.717) is 27.2 Å². The van der Waals surface area contributed by atoms with Crippen molar-refractivity contribution in [3.63, 3.8) is 0 Å². The number of hydrogen-bond acceptors (Lipinski definition) is 2. The minimum Gasteiger partial charge on any atom is -0.306 e. The van der Waals surface area contributed by atoms with Crippen molar-refractivity contribution in [3.8, 4) is 0 Å². The van der Waals surface area contributed by atoms with Crippen LogP contribution in [0.1, 0.15) is 15.9 Å². The second-order valence-electron chi connectivity index (χ2n) is 4.18. The highest BCUT2D eigenvalue weighted by Gasteiger charge is 2.10. The summed E-state index contributed by atoms with van der Waals surface area (Å²) in [6.07, 6.45) is 0. The van der Waals surface area contributed by atoms with Crippen LogP contribution in [0, 0.1) is 0 Å². The maximum atomic E-state index is 12.3. The van der Waals surface area contributed by atoms with Gasteiger partial charge in [-0.3, -0.25) is 4.79 Å². The Morgan fingerprint density at radius 3 is 2.47 bits per heavy atom. The molecule has 19 heavy (non-hydrogen) atoms. The number of aromatic nitrogens is 2. The van der Waals surface area contributed by atoms with E-state index in [1.807, 2.05) is 0 Å². The SMILES string of the molecule is O=C(c1cccc(Cl)c1)c1ccc2[nH]c(=O)[nH]c2c1. The lowest BCUT2D eigenvalue weighted by molar-refractivity contribution is 0.103. The number of imidazole rings is 1. The van der Waals surface area contributed by atoms with E-state index in [0.717, 1.165) is 0 Å². The van der Waals surface area contributed by atoms with Gasteiger partial charge in [0, 0.05) is 16.1 Å². The summed E-state index contributed by atoms with van der Waals surface area (Å²) in [6.45, 7) is 0. The first-order chi connectivity index (χ1) is 9.13. The number of H-pyrrole nitrogens is 2. The van der Waals surface area contributed by atoms with Crippen molar-refractivity contribution in [2.45, 2.75) is 0 Å². The maximum absolute atomic E-state index is 12.3. The van der Waals surface area contributed by atoms with Gasteiger partial charge in [-0.25, -0.2) is 4.79 Å². The van der Waals surface area contributed by atoms with Crippen molar-refractivity contribution in [2.75, 3.05) is 0 Å². The first-order valence-electron chi connectivity index (χ1n) is 5.66. The van der Waals surface area contributed by atoms with Crippen LogP contribution in [0.4, 0.5) is 0 Å². The van der Waals surface area contributed by atoms with Gasteiger partial charge in [-0.2, -0.15) is 0 Å². The lowest BCUT2D eigenvalue weighted by atomic mass is 10.0. The Morgan fingerprint density at radius 1 is 0.947 bits per heavy atom. The molecular weight excluding hydrogens is 264 g/mol. The highest BCUT2D eigenvalue weighted by molar-refractivity contribution is 6.31. The van der Waals surface area contributed by atoms with Gasteiger partial charge in [-0.15, -0.1) is 0 Å². The van der Waals surface area contributed by atoms with Crippen molar-refractivity contribution in [3.05, 3.63) is 69.1 Å². The number of aromatic amines is 2. The minimum absolute atomic E-state index is 0.133. The molecule has 0 radical (unpaired) electrons. The fourth-order valence-corrected chi connectivity index (χ4v) is 2.16. The Bertz CT molecular complexity index is 833. The molecule has 0 atom stereocenters. The molecule has 1 heterocycles. The summed E-state index contributed by atoms with van der Waals surface area (Å²) >= 11 is 5.87. The van der Waals surface area contributed by atoms with Gasteiger partial charge in [0.15, 0.2) is 5.78 Å². The molecule has 0 amide bonds. The van der Waals surface area contributed by atoms with E-state index in [-0.39, 0.29) is 11.5 Å². The van der Waals surface area contributed by atoms with Gasteiger partial charge in [-0.1, -0.05) is 23.7 Å². The normalized spacial score (nSPS) is 10.8. The molecule has 0 bridgehead atoms. The van der Waals surface area contributed by atoms with Crippen molar-refractivity contribution in [2.24, 2.45) is 0 Å². The van der Waals surface area contributed by atoms with Crippen LogP contribution in [0.15, 0.2) is 47.3 Å². The summed E-state index contributed by atoms with van der Waals surface area (Å²) < 4.78 is 0. The highest BCUT2D eigenvalue weighted by Crippen LogP contribution is 2.17. The maximum Gasteiger partial charge on any atom is 0.323 e. The summed E-state index contributed by atoms with van der Waals surface area (Å²) in [7, 11) is 0. The number of benzene rings is 2. The molecule has 0 aliphatic rings. The van der Waals surface area contributed by atoms with Gasteiger partial charge in [0.25, 0.3) is 0 Å². The zero-order valence-electron chi connectivity index (χ0n) is 9.74. The topological polar surface area (TPSA) is 65.7 Å². The van der Waals surface area contributed by atoms with E-state index in [4.69, 9.17) is 11.6 Å². The minimum atomic E-state index is -0.289. The Hall–Kier alpha value is -2.33. The number of ketones is 1. The molecule has 3 aromatic rings. The van der Waals surface area contributed by atoms with Crippen LogP contribution in [0.25, 0.3) is 11.0 Å². The zero-order valence-corrected chi connectivity index (χ0v) is 10.5. The molecular formula is C14H9ClN2O2. The number of fused-ring (bicyclic) bond motifs is 1. The van der Waals surface area contributed by atoms with E-state index in [9.17, 15) is 9.59 Å². The second kappa shape index (κ2) is 4.40. The summed E-state index contributed by atoms with van der Waals surface area (Å²) in [5.41, 5.74) is 2.02. The van der Waals surface area contributed by atoms with Gasteiger partial charge in [-0.05, 0) is 30.3 Å². The molecule has 0 saturated heterocycles. The van der Waals surface area contributed by atoms with Crippen molar-refractivity contribution < 1.29 is 4.79 Å². The lowest BCUT2D eigenvalue weighted by Gasteiger charge is -2.01. The van der Waals surface area contributed by atoms with E-state index in [2.05, 4.69) is 9.97 Å². The molecule has 0 aliphatic carbocycles. The van der Waals surface area contributed by atoms with Crippen LogP contribution < -0.4 is 5.69 Å². The van der Waals surface area contributed by atoms with E-state index in [1.165, 1.54) is 0 Å². The van der Waals surface area contributed by atoms with E-state index < -0.39 is 0 Å². The smallest absolute Gasteiger partial charge is 0.306 e. The van der Waals surface area contributed by atoms with Crippen LogP contribution in [-0.2, 0) is 0 Å². The molecule has 0 unspecified atom stereocenters. The fraction of sp³-hybridized carbons (Fsp3) is 0. The predicted molar refractivity (Wildman–Crippen MR) is 73.8 cm³/mol. The lowest BCUT2D eigenvalue weighted by Crippen LogP contribution is -2.01. The number of nitrogens with one attached hydrogen (secondary N) is 2. The van der Waals surface area contributed by atoms with Gasteiger partial charge < -0.3 is 9.97 Å². The van der Waals surface area contributed by atoms with Gasteiger partial charge in [0.1, 0.15) is 0 Å². The molecule has 1 aromatic heterocycles. The Labute approximate surface area is 113 Å². The molecule has 0 fully saturated rings. The van der Waals surface area contributed by atoms with Gasteiger partial charge in [0.05, 0.1) is 11.0 Å². The Balaban J connectivity index is 2.08. The number of carbonyl (C=O) groups excluding carboxylic acids is 1. The summed E-state index contributed by atoms with van der Waals surface area (Å²) in [4.78, 5) is 28.7. The standard InChI is InChI=1S/C14H9ClN2O2/c15-10-3-1-2-8(6-10)13(18)9-4-5-11-12(7-9)17-14(19)16-11/h1-7H,(H2,16,17,19). The van der Waals surface area contributed by atoms with Crippen LogP contribution >= 0.6 is 11.6 Å². The average molecular weight is 273 g/mol. The Kier molecular flexibility index (Phi) is 2.72. The quantitative estimate of drug-likeness (QED) is 0.705. The van der Waals surface area contributed by atoms with Gasteiger partial charge >= 0.3 is 5.69 Å². The third kappa shape index (κ3) is 2.18. The van der Waals surface area contributed by atoms with Crippen LogP contribution in [0.3, 0.4) is 0 Å². The molecule has 2 aromatic carbocycles. The van der Waals surface area contributed by atoms with E-state index in [1.54, 1.807) is 42.5 Å². The van der Waals surface area contributed by atoms with Crippen LogP contribution in [0.2, 0.25) is 5.02 Å². The monoisotopic (exact) mass is 272 g/mol. The zero-order chi connectivity index (χ0) is 13.4. The average Bonchev–Trinajstić information content (AvgIpc) is 2.76. The first-order valence-corrected chi connectivity index (χ1v) is 6.03. The van der Waals surface area contributed by atoms with Crippen LogP contribution in [-0.4, -0.2) is 15.8 Å². The third-order valence-corrected chi connectivity index (χ3v) is 3.10. The Morgan fingerprint density at radius 2 is 1.68 bits per heavy atom. The summed E-state index contributed by atoms with van der Waals surface area (Å²) in [5.74, 6) is -0.133. The summed E-state index contributed by atoms with van der Waals surface area (Å²) in [6, 6.07) is 11.8. The number of carbonyl (C=O) groups is 1. The third-order valence-electron chi connectivity index (χ3n) is 2.86. The fourth-order valence-electron chi connectivity index (χ4n) is 1.97. The highest BCUT2D eigenvalue weighted by atomic mass is 35.5. The van der Waals surface area contributed by atoms with E-state index >= 15 is 0 Å². The first kappa shape index (κ1) is 11.7. The predicted octanol–water partition coefficient (Wildman–Crippen LogP) is 2.74. The summed E-state index contributed by atoms with van der Waals surface area (Å²) in [5, 5.41) is 0.516. The van der Waals surface area contributed by atoms with Gasteiger partial charge in [0.2, 0.25) is 0 Å². The van der Waals surface area contributed by atoms with Crippen LogP contribution in [0.5, 0.6) is 0 Å². The van der Waals surface area contributed by atoms with Crippen molar-refractivity contribution >= 4 is 28.4 Å². The molecule has 3 rings (SSSR count). The number of hydrogen-bond donors (Lipinski definition) is 2.